The fourth-order valence-corrected chi connectivity index (χ4v) is 3.79. The largest absolute Gasteiger partial charge is 0.373 e. The Kier molecular flexibility index (Phi) is 4.38. The number of nitrogens with one attached hydrogen (secondary N) is 3. The maximum absolute atomic E-state index is 5.92. The Balaban J connectivity index is 1.38. The van der Waals surface area contributed by atoms with Crippen LogP contribution in [0.1, 0.15) is 31.7 Å². The van der Waals surface area contributed by atoms with Gasteiger partial charge in [-0.05, 0) is 50.3 Å². The first kappa shape index (κ1) is 15.4. The van der Waals surface area contributed by atoms with Gasteiger partial charge in [0.15, 0.2) is 5.96 Å². The highest BCUT2D eigenvalue weighted by atomic mass is 16.5. The van der Waals surface area contributed by atoms with Crippen LogP contribution in [0, 0.1) is 0 Å². The van der Waals surface area contributed by atoms with E-state index < -0.39 is 0 Å². The second-order valence-corrected chi connectivity index (χ2v) is 6.58. The quantitative estimate of drug-likeness (QED) is 0.580. The van der Waals surface area contributed by atoms with E-state index in [1.807, 2.05) is 18.5 Å². The fourth-order valence-electron chi connectivity index (χ4n) is 3.79. The lowest BCUT2D eigenvalue weighted by atomic mass is 9.96. The highest BCUT2D eigenvalue weighted by molar-refractivity contribution is 5.81. The molecule has 2 aromatic rings. The molecule has 4 rings (SSSR count). The van der Waals surface area contributed by atoms with Gasteiger partial charge < -0.3 is 20.4 Å². The molecule has 2 fully saturated rings. The molecule has 4 heterocycles. The lowest BCUT2D eigenvalue weighted by Gasteiger charge is -2.22. The van der Waals surface area contributed by atoms with Gasteiger partial charge in [0.2, 0.25) is 0 Å². The summed E-state index contributed by atoms with van der Waals surface area (Å²) in [5, 5.41) is 8.10. The first-order chi connectivity index (χ1) is 11.8. The molecule has 2 aliphatic heterocycles. The van der Waals surface area contributed by atoms with Crippen LogP contribution in [0.3, 0.4) is 0 Å². The summed E-state index contributed by atoms with van der Waals surface area (Å²) in [7, 11) is 0. The normalized spacial score (nSPS) is 26.2. The van der Waals surface area contributed by atoms with E-state index >= 15 is 0 Å². The molecule has 3 unspecified atom stereocenters. The number of H-pyrrole nitrogens is 1. The van der Waals surface area contributed by atoms with Gasteiger partial charge in [-0.15, -0.1) is 0 Å². The molecular formula is C18H25N5O. The SMILES string of the molecule is CCNC(=NCCc1c[nH]c2ncccc12)NC1CC2CCC1O2. The molecule has 128 valence electrons. The number of fused-ring (bicyclic) bond motifs is 3. The summed E-state index contributed by atoms with van der Waals surface area (Å²) in [5.41, 5.74) is 2.21. The van der Waals surface area contributed by atoms with E-state index in [9.17, 15) is 0 Å². The van der Waals surface area contributed by atoms with Gasteiger partial charge in [-0.2, -0.15) is 0 Å². The third kappa shape index (κ3) is 3.11. The molecule has 24 heavy (non-hydrogen) atoms. The Morgan fingerprint density at radius 1 is 1.46 bits per heavy atom. The van der Waals surface area contributed by atoms with E-state index in [0.717, 1.165) is 37.5 Å². The molecule has 0 saturated carbocycles. The predicted octanol–water partition coefficient (Wildman–Crippen LogP) is 1.98. The van der Waals surface area contributed by atoms with Gasteiger partial charge in [0, 0.05) is 30.9 Å². The zero-order valence-corrected chi connectivity index (χ0v) is 14.1. The van der Waals surface area contributed by atoms with Crippen LogP contribution in [-0.2, 0) is 11.2 Å². The van der Waals surface area contributed by atoms with Crippen molar-refractivity contribution in [3.8, 4) is 0 Å². The van der Waals surface area contributed by atoms with Crippen LogP contribution in [0.25, 0.3) is 11.0 Å². The average Bonchev–Trinajstić information content (AvgIpc) is 3.31. The van der Waals surface area contributed by atoms with Crippen LogP contribution in [0.2, 0.25) is 0 Å². The number of aromatic amines is 1. The minimum absolute atomic E-state index is 0.360. The van der Waals surface area contributed by atoms with E-state index in [0.29, 0.717) is 18.2 Å². The number of ether oxygens (including phenoxy) is 1. The fraction of sp³-hybridized carbons (Fsp3) is 0.556. The Bertz CT molecular complexity index is 725. The van der Waals surface area contributed by atoms with Crippen molar-refractivity contribution in [2.45, 2.75) is 50.9 Å². The molecule has 2 bridgehead atoms. The van der Waals surface area contributed by atoms with Crippen molar-refractivity contribution in [2.75, 3.05) is 13.1 Å². The molecule has 0 aromatic carbocycles. The van der Waals surface area contributed by atoms with Crippen molar-refractivity contribution in [2.24, 2.45) is 4.99 Å². The van der Waals surface area contributed by atoms with Gasteiger partial charge in [-0.25, -0.2) is 4.98 Å². The number of hydrogen-bond donors (Lipinski definition) is 3. The molecule has 2 aliphatic rings. The third-order valence-corrected chi connectivity index (χ3v) is 4.96. The second-order valence-electron chi connectivity index (χ2n) is 6.58. The smallest absolute Gasteiger partial charge is 0.191 e. The summed E-state index contributed by atoms with van der Waals surface area (Å²) in [6, 6.07) is 4.48. The number of nitrogens with zero attached hydrogens (tertiary/aromatic N) is 2. The molecule has 2 aromatic heterocycles. The summed E-state index contributed by atoms with van der Waals surface area (Å²) < 4.78 is 5.92. The van der Waals surface area contributed by atoms with Crippen molar-refractivity contribution in [3.05, 3.63) is 30.1 Å². The Morgan fingerprint density at radius 2 is 2.42 bits per heavy atom. The van der Waals surface area contributed by atoms with Crippen molar-refractivity contribution in [1.29, 1.82) is 0 Å². The minimum atomic E-state index is 0.360. The molecule has 0 amide bonds. The molecule has 3 atom stereocenters. The van der Waals surface area contributed by atoms with E-state index in [1.165, 1.54) is 23.8 Å². The Labute approximate surface area is 142 Å². The van der Waals surface area contributed by atoms with Gasteiger partial charge in [-0.3, -0.25) is 4.99 Å². The van der Waals surface area contributed by atoms with Gasteiger partial charge in [-0.1, -0.05) is 0 Å². The Hall–Kier alpha value is -2.08. The van der Waals surface area contributed by atoms with Crippen molar-refractivity contribution in [3.63, 3.8) is 0 Å². The van der Waals surface area contributed by atoms with Crippen LogP contribution in [0.4, 0.5) is 0 Å². The van der Waals surface area contributed by atoms with Crippen LogP contribution < -0.4 is 10.6 Å². The van der Waals surface area contributed by atoms with E-state index in [-0.39, 0.29) is 0 Å². The van der Waals surface area contributed by atoms with Crippen molar-refractivity contribution in [1.82, 2.24) is 20.6 Å². The molecule has 3 N–H and O–H groups in total. The third-order valence-electron chi connectivity index (χ3n) is 4.96. The lowest BCUT2D eigenvalue weighted by Crippen LogP contribution is -2.47. The second kappa shape index (κ2) is 6.81. The average molecular weight is 327 g/mol. The van der Waals surface area contributed by atoms with E-state index in [4.69, 9.17) is 9.73 Å². The summed E-state index contributed by atoms with van der Waals surface area (Å²) in [4.78, 5) is 12.3. The number of hydrogen-bond acceptors (Lipinski definition) is 3. The van der Waals surface area contributed by atoms with E-state index in [2.05, 4.69) is 33.6 Å². The van der Waals surface area contributed by atoms with Crippen LogP contribution in [0.15, 0.2) is 29.5 Å². The first-order valence-corrected chi connectivity index (χ1v) is 8.94. The number of rotatable bonds is 5. The number of guanidine groups is 1. The molecule has 0 aliphatic carbocycles. The predicted molar refractivity (Wildman–Crippen MR) is 95.2 cm³/mol. The number of aliphatic imine (C=N–C) groups is 1. The van der Waals surface area contributed by atoms with Gasteiger partial charge in [0.05, 0.1) is 18.2 Å². The van der Waals surface area contributed by atoms with E-state index in [1.54, 1.807) is 0 Å². The highest BCUT2D eigenvalue weighted by Crippen LogP contribution is 2.34. The summed E-state index contributed by atoms with van der Waals surface area (Å²) >= 11 is 0. The summed E-state index contributed by atoms with van der Waals surface area (Å²) in [6.07, 6.45) is 9.05. The Morgan fingerprint density at radius 3 is 3.21 bits per heavy atom. The number of aromatic nitrogens is 2. The van der Waals surface area contributed by atoms with Gasteiger partial charge in [0.25, 0.3) is 0 Å². The monoisotopic (exact) mass is 327 g/mol. The topological polar surface area (TPSA) is 74.3 Å². The molecule has 0 spiro atoms. The van der Waals surface area contributed by atoms with Crippen LogP contribution in [-0.4, -0.2) is 47.3 Å². The summed E-state index contributed by atoms with van der Waals surface area (Å²) in [5.74, 6) is 0.900. The lowest BCUT2D eigenvalue weighted by molar-refractivity contribution is 0.0992. The zero-order chi connectivity index (χ0) is 16.4. The summed E-state index contributed by atoms with van der Waals surface area (Å²) in [6.45, 7) is 3.71. The standard InChI is InChI=1S/C18H25N5O/c1-2-19-18(23-15-10-13-5-6-16(15)24-13)21-9-7-12-11-22-17-14(12)4-3-8-20-17/h3-4,8,11,13,15-16H,2,5-7,9-10H2,1H3,(H,20,22)(H2,19,21,23). The van der Waals surface area contributed by atoms with Crippen LogP contribution in [0.5, 0.6) is 0 Å². The number of pyridine rings is 1. The van der Waals surface area contributed by atoms with Crippen molar-refractivity contribution >= 4 is 17.0 Å². The maximum atomic E-state index is 5.92. The maximum Gasteiger partial charge on any atom is 0.191 e. The molecule has 6 nitrogen and oxygen atoms in total. The molecular weight excluding hydrogens is 302 g/mol. The molecule has 0 radical (unpaired) electrons. The zero-order valence-electron chi connectivity index (χ0n) is 14.1. The highest BCUT2D eigenvalue weighted by Gasteiger charge is 2.41. The minimum Gasteiger partial charge on any atom is -0.373 e. The molecule has 6 heteroatoms. The first-order valence-electron chi connectivity index (χ1n) is 8.94. The van der Waals surface area contributed by atoms with Crippen molar-refractivity contribution < 1.29 is 4.74 Å². The molecule has 2 saturated heterocycles. The van der Waals surface area contributed by atoms with Gasteiger partial charge >= 0.3 is 0 Å². The van der Waals surface area contributed by atoms with Crippen LogP contribution >= 0.6 is 0 Å². The van der Waals surface area contributed by atoms with Gasteiger partial charge in [0.1, 0.15) is 5.65 Å².